The van der Waals surface area contributed by atoms with Gasteiger partial charge in [0.25, 0.3) is 5.91 Å². The number of nitrogens with one attached hydrogen (secondary N) is 3. The van der Waals surface area contributed by atoms with Crippen LogP contribution in [0.2, 0.25) is 0 Å². The van der Waals surface area contributed by atoms with E-state index in [4.69, 9.17) is 4.74 Å². The fourth-order valence-electron chi connectivity index (χ4n) is 2.27. The largest absolute Gasteiger partial charge is 0.494 e. The van der Waals surface area contributed by atoms with Crippen molar-refractivity contribution < 1.29 is 23.9 Å². The summed E-state index contributed by atoms with van der Waals surface area (Å²) in [6, 6.07) is 13.6. The van der Waals surface area contributed by atoms with Crippen LogP contribution in [-0.2, 0) is 16.1 Å². The molecule has 0 aliphatic rings. The van der Waals surface area contributed by atoms with Gasteiger partial charge in [0.15, 0.2) is 0 Å². The van der Waals surface area contributed by atoms with E-state index in [0.717, 1.165) is 5.56 Å². The lowest BCUT2D eigenvalue weighted by atomic mass is 10.2. The third-order valence-corrected chi connectivity index (χ3v) is 3.71. The molecular weight excluding hydrogens is 362 g/mol. The van der Waals surface area contributed by atoms with Crippen molar-refractivity contribution in [3.8, 4) is 5.75 Å². The first-order valence-electron chi connectivity index (χ1n) is 8.73. The van der Waals surface area contributed by atoms with E-state index >= 15 is 0 Å². The molecule has 2 aromatic carbocycles. The summed E-state index contributed by atoms with van der Waals surface area (Å²) in [6.45, 7) is 2.60. The van der Waals surface area contributed by atoms with Crippen LogP contribution in [0, 0.1) is 0 Å². The van der Waals surface area contributed by atoms with Crippen LogP contribution < -0.4 is 20.7 Å². The van der Waals surface area contributed by atoms with Gasteiger partial charge in [0.2, 0.25) is 5.91 Å². The lowest BCUT2D eigenvalue weighted by Gasteiger charge is -2.09. The Kier molecular flexibility index (Phi) is 7.83. The molecular formula is C20H23N3O5. The van der Waals surface area contributed by atoms with Crippen molar-refractivity contribution in [2.45, 2.75) is 13.5 Å². The summed E-state index contributed by atoms with van der Waals surface area (Å²) in [4.78, 5) is 35.1. The number of carbonyl (C=O) groups is 3. The molecule has 0 atom stereocenters. The Morgan fingerprint density at radius 2 is 1.61 bits per heavy atom. The number of methoxy groups -OCH3 is 1. The van der Waals surface area contributed by atoms with E-state index in [9.17, 15) is 14.4 Å². The topological polar surface area (TPSA) is 106 Å². The van der Waals surface area contributed by atoms with Gasteiger partial charge in [-0.15, -0.1) is 0 Å². The highest BCUT2D eigenvalue weighted by Crippen LogP contribution is 2.12. The van der Waals surface area contributed by atoms with Crippen molar-refractivity contribution in [2.24, 2.45) is 0 Å². The van der Waals surface area contributed by atoms with Crippen LogP contribution in [0.5, 0.6) is 5.75 Å². The number of hydrogen-bond acceptors (Lipinski definition) is 5. The highest BCUT2D eigenvalue weighted by Gasteiger charge is 2.08. The SMILES string of the molecule is CCOc1ccc(C(=O)NCC(=O)NCc2ccc(NC(=O)OC)cc2)cc1. The second kappa shape index (κ2) is 10.6. The smallest absolute Gasteiger partial charge is 0.411 e. The molecule has 0 aliphatic heterocycles. The third kappa shape index (κ3) is 6.64. The van der Waals surface area contributed by atoms with Crippen molar-refractivity contribution >= 4 is 23.6 Å². The van der Waals surface area contributed by atoms with Gasteiger partial charge in [0, 0.05) is 17.8 Å². The molecule has 0 unspecified atom stereocenters. The molecule has 0 aliphatic carbocycles. The molecule has 0 aromatic heterocycles. The Bertz CT molecular complexity index is 804. The van der Waals surface area contributed by atoms with Gasteiger partial charge in [-0.25, -0.2) is 4.79 Å². The predicted molar refractivity (Wildman–Crippen MR) is 104 cm³/mol. The Morgan fingerprint density at radius 1 is 0.929 bits per heavy atom. The Hall–Kier alpha value is -3.55. The molecule has 2 rings (SSSR count). The van der Waals surface area contributed by atoms with Crippen molar-refractivity contribution in [3.05, 3.63) is 59.7 Å². The number of anilines is 1. The zero-order valence-electron chi connectivity index (χ0n) is 15.8. The Balaban J connectivity index is 1.74. The number of rotatable bonds is 8. The maximum absolute atomic E-state index is 12.1. The summed E-state index contributed by atoms with van der Waals surface area (Å²) >= 11 is 0. The number of amides is 3. The number of ether oxygens (including phenoxy) is 2. The number of benzene rings is 2. The molecule has 0 heterocycles. The molecule has 0 radical (unpaired) electrons. The van der Waals surface area contributed by atoms with Crippen LogP contribution in [0.3, 0.4) is 0 Å². The van der Waals surface area contributed by atoms with E-state index < -0.39 is 6.09 Å². The fraction of sp³-hybridized carbons (Fsp3) is 0.250. The van der Waals surface area contributed by atoms with Crippen molar-refractivity contribution in [1.29, 1.82) is 0 Å². The summed E-state index contributed by atoms with van der Waals surface area (Å²) in [6.07, 6.45) is -0.552. The first-order valence-corrected chi connectivity index (χ1v) is 8.73. The highest BCUT2D eigenvalue weighted by atomic mass is 16.5. The average Bonchev–Trinajstić information content (AvgIpc) is 2.72. The van der Waals surface area contributed by atoms with Gasteiger partial charge < -0.3 is 20.1 Å². The first kappa shape index (κ1) is 20.8. The molecule has 0 fully saturated rings. The lowest BCUT2D eigenvalue weighted by Crippen LogP contribution is -2.36. The van der Waals surface area contributed by atoms with Crippen LogP contribution in [0.15, 0.2) is 48.5 Å². The highest BCUT2D eigenvalue weighted by molar-refractivity contribution is 5.96. The van der Waals surface area contributed by atoms with Crippen LogP contribution in [0.1, 0.15) is 22.8 Å². The van der Waals surface area contributed by atoms with E-state index in [0.29, 0.717) is 30.2 Å². The van der Waals surface area contributed by atoms with Crippen LogP contribution in [0.25, 0.3) is 0 Å². The molecule has 3 amide bonds. The Morgan fingerprint density at radius 3 is 2.21 bits per heavy atom. The quantitative estimate of drug-likeness (QED) is 0.647. The van der Waals surface area contributed by atoms with Crippen molar-refractivity contribution in [2.75, 3.05) is 25.6 Å². The van der Waals surface area contributed by atoms with Gasteiger partial charge >= 0.3 is 6.09 Å². The van der Waals surface area contributed by atoms with Crippen molar-refractivity contribution in [3.63, 3.8) is 0 Å². The van der Waals surface area contributed by atoms with Crippen molar-refractivity contribution in [1.82, 2.24) is 10.6 Å². The van der Waals surface area contributed by atoms with E-state index in [1.807, 2.05) is 6.92 Å². The normalized spacial score (nSPS) is 9.93. The molecule has 0 saturated carbocycles. The van der Waals surface area contributed by atoms with Gasteiger partial charge in [-0.2, -0.15) is 0 Å². The van der Waals surface area contributed by atoms with Crippen LogP contribution in [-0.4, -0.2) is 38.2 Å². The lowest BCUT2D eigenvalue weighted by molar-refractivity contribution is -0.120. The van der Waals surface area contributed by atoms with Crippen LogP contribution in [0.4, 0.5) is 10.5 Å². The molecule has 28 heavy (non-hydrogen) atoms. The molecule has 148 valence electrons. The summed E-state index contributed by atoms with van der Waals surface area (Å²) in [5.41, 5.74) is 1.89. The first-order chi connectivity index (χ1) is 13.5. The standard InChI is InChI=1S/C20H23N3O5/c1-3-28-17-10-6-15(7-11-17)19(25)22-13-18(24)21-12-14-4-8-16(9-5-14)23-20(26)27-2/h4-11H,3,12-13H2,1-2H3,(H,21,24)(H,22,25)(H,23,26). The fourth-order valence-corrected chi connectivity index (χ4v) is 2.27. The minimum Gasteiger partial charge on any atom is -0.494 e. The van der Waals surface area contributed by atoms with Crippen LogP contribution >= 0.6 is 0 Å². The Labute approximate surface area is 163 Å². The number of carbonyl (C=O) groups excluding carboxylic acids is 3. The predicted octanol–water partition coefficient (Wildman–Crippen LogP) is 2.31. The van der Waals surface area contributed by atoms with Gasteiger partial charge in [0.1, 0.15) is 5.75 Å². The second-order valence-electron chi connectivity index (χ2n) is 5.73. The van der Waals surface area contributed by atoms with Gasteiger partial charge in [-0.3, -0.25) is 14.9 Å². The molecule has 8 nitrogen and oxygen atoms in total. The minimum atomic E-state index is -0.552. The molecule has 0 saturated heterocycles. The maximum atomic E-state index is 12.1. The minimum absolute atomic E-state index is 0.131. The molecule has 8 heteroatoms. The molecule has 0 bridgehead atoms. The summed E-state index contributed by atoms with van der Waals surface area (Å²) < 4.78 is 9.83. The van der Waals surface area contributed by atoms with Gasteiger partial charge in [0.05, 0.1) is 20.3 Å². The molecule has 2 aromatic rings. The third-order valence-electron chi connectivity index (χ3n) is 3.71. The zero-order valence-corrected chi connectivity index (χ0v) is 15.8. The van der Waals surface area contributed by atoms with E-state index in [-0.39, 0.29) is 18.4 Å². The number of hydrogen-bond donors (Lipinski definition) is 3. The van der Waals surface area contributed by atoms with E-state index in [2.05, 4.69) is 20.7 Å². The van der Waals surface area contributed by atoms with Gasteiger partial charge in [-0.05, 0) is 48.9 Å². The summed E-state index contributed by atoms with van der Waals surface area (Å²) in [5, 5.41) is 7.83. The van der Waals surface area contributed by atoms with E-state index in [1.54, 1.807) is 48.5 Å². The maximum Gasteiger partial charge on any atom is 0.411 e. The summed E-state index contributed by atoms with van der Waals surface area (Å²) in [7, 11) is 1.29. The van der Waals surface area contributed by atoms with Gasteiger partial charge in [-0.1, -0.05) is 12.1 Å². The van der Waals surface area contributed by atoms with E-state index in [1.165, 1.54) is 7.11 Å². The summed E-state index contributed by atoms with van der Waals surface area (Å²) in [5.74, 6) is 0.0390. The zero-order chi connectivity index (χ0) is 20.4. The molecule has 0 spiro atoms. The second-order valence-corrected chi connectivity index (χ2v) is 5.73. The average molecular weight is 385 g/mol. The monoisotopic (exact) mass is 385 g/mol. The molecule has 3 N–H and O–H groups in total.